The first-order chi connectivity index (χ1) is 10.6. The molecule has 1 spiro atoms. The first kappa shape index (κ1) is 16.3. The van der Waals surface area contributed by atoms with Gasteiger partial charge in [-0.2, -0.15) is 0 Å². The number of aliphatic hydroxyl groups is 1. The molecule has 1 saturated heterocycles. The van der Waals surface area contributed by atoms with Crippen LogP contribution >= 0.6 is 0 Å². The van der Waals surface area contributed by atoms with Gasteiger partial charge in [0.05, 0.1) is 12.2 Å². The van der Waals surface area contributed by atoms with Gasteiger partial charge in [0, 0.05) is 37.5 Å². The highest BCUT2D eigenvalue weighted by molar-refractivity contribution is 5.79. The van der Waals surface area contributed by atoms with Crippen LogP contribution < -0.4 is 0 Å². The second kappa shape index (κ2) is 6.48. The first-order valence-corrected chi connectivity index (χ1v) is 9.15. The minimum Gasteiger partial charge on any atom is -0.392 e. The number of ether oxygens (including phenoxy) is 1. The van der Waals surface area contributed by atoms with Crippen LogP contribution in [0.25, 0.3) is 0 Å². The number of hydrogen-bond donors (Lipinski definition) is 1. The molecule has 0 bridgehead atoms. The second-order valence-corrected chi connectivity index (χ2v) is 7.71. The maximum atomic E-state index is 12.7. The lowest BCUT2D eigenvalue weighted by Gasteiger charge is -2.56. The molecule has 1 heterocycles. The summed E-state index contributed by atoms with van der Waals surface area (Å²) < 4.78 is 5.80. The zero-order valence-corrected chi connectivity index (χ0v) is 14.1. The van der Waals surface area contributed by atoms with Crippen molar-refractivity contribution in [3.05, 3.63) is 0 Å². The molecule has 126 valence electrons. The minimum atomic E-state index is -0.239. The third-order valence-corrected chi connectivity index (χ3v) is 6.48. The second-order valence-electron chi connectivity index (χ2n) is 7.71. The van der Waals surface area contributed by atoms with Crippen LogP contribution in [0.3, 0.4) is 0 Å². The number of carbonyl (C=O) groups is 1. The van der Waals surface area contributed by atoms with Gasteiger partial charge in [0.2, 0.25) is 5.91 Å². The van der Waals surface area contributed by atoms with Crippen molar-refractivity contribution in [2.45, 2.75) is 71.0 Å². The Balaban J connectivity index is 1.54. The predicted octanol–water partition coefficient (Wildman–Crippen LogP) is 2.59. The lowest BCUT2D eigenvalue weighted by molar-refractivity contribution is -0.210. The summed E-state index contributed by atoms with van der Waals surface area (Å²) in [6.45, 7) is 6.61. The Morgan fingerprint density at radius 2 is 1.86 bits per heavy atom. The predicted molar refractivity (Wildman–Crippen MR) is 85.4 cm³/mol. The monoisotopic (exact) mass is 309 g/mol. The molecule has 0 aromatic carbocycles. The van der Waals surface area contributed by atoms with Gasteiger partial charge in [-0.25, -0.2) is 0 Å². The molecule has 3 aliphatic rings. The van der Waals surface area contributed by atoms with Gasteiger partial charge in [-0.05, 0) is 51.4 Å². The average Bonchev–Trinajstić information content (AvgIpc) is 2.55. The number of amides is 1. The van der Waals surface area contributed by atoms with Gasteiger partial charge in [0.25, 0.3) is 0 Å². The average molecular weight is 309 g/mol. The Hall–Kier alpha value is -0.610. The Labute approximate surface area is 134 Å². The molecule has 4 nitrogen and oxygen atoms in total. The van der Waals surface area contributed by atoms with Gasteiger partial charge in [0.15, 0.2) is 0 Å². The zero-order valence-electron chi connectivity index (χ0n) is 14.1. The van der Waals surface area contributed by atoms with E-state index in [0.717, 1.165) is 51.1 Å². The molecule has 0 radical (unpaired) electrons. The van der Waals surface area contributed by atoms with Crippen LogP contribution in [0.4, 0.5) is 0 Å². The largest absolute Gasteiger partial charge is 0.392 e. The maximum Gasteiger partial charge on any atom is 0.225 e. The fraction of sp³-hybridized carbons (Fsp3) is 0.944. The molecule has 2 aliphatic carbocycles. The Morgan fingerprint density at radius 3 is 2.41 bits per heavy atom. The minimum absolute atomic E-state index is 0.0755. The fourth-order valence-corrected chi connectivity index (χ4v) is 4.73. The zero-order chi connectivity index (χ0) is 15.7. The van der Waals surface area contributed by atoms with Crippen molar-refractivity contribution >= 4 is 5.91 Å². The van der Waals surface area contributed by atoms with Gasteiger partial charge >= 0.3 is 0 Å². The standard InChI is InChI=1S/C18H31NO3/c1-3-22-16-12-15(20)18(16)8-10-19(11-9-18)17(21)14-6-4-13(2)5-7-14/h13-16,20H,3-12H2,1-2H3. The van der Waals surface area contributed by atoms with Crippen molar-refractivity contribution in [1.82, 2.24) is 4.90 Å². The molecule has 2 saturated carbocycles. The summed E-state index contributed by atoms with van der Waals surface area (Å²) in [6, 6.07) is 0. The lowest BCUT2D eigenvalue weighted by Crippen LogP contribution is -2.63. The molecule has 1 amide bonds. The van der Waals surface area contributed by atoms with Gasteiger partial charge in [0.1, 0.15) is 0 Å². The van der Waals surface area contributed by atoms with Crippen LogP contribution in [0, 0.1) is 17.3 Å². The SMILES string of the molecule is CCOC1CC(O)C12CCN(C(=O)C1CCC(C)CC1)CC2. The Morgan fingerprint density at radius 1 is 1.23 bits per heavy atom. The van der Waals surface area contributed by atoms with Gasteiger partial charge in [-0.15, -0.1) is 0 Å². The molecule has 0 aromatic rings. The lowest BCUT2D eigenvalue weighted by atomic mass is 9.58. The molecule has 1 N–H and O–H groups in total. The summed E-state index contributed by atoms with van der Waals surface area (Å²) in [4.78, 5) is 14.8. The molecule has 22 heavy (non-hydrogen) atoms. The molecular formula is C18H31NO3. The highest BCUT2D eigenvalue weighted by Crippen LogP contribution is 2.51. The van der Waals surface area contributed by atoms with E-state index >= 15 is 0 Å². The number of hydrogen-bond acceptors (Lipinski definition) is 3. The van der Waals surface area contributed by atoms with E-state index in [9.17, 15) is 9.90 Å². The number of likely N-dealkylation sites (tertiary alicyclic amines) is 1. The van der Waals surface area contributed by atoms with E-state index in [1.807, 2.05) is 6.92 Å². The summed E-state index contributed by atoms with van der Waals surface area (Å²) in [7, 11) is 0. The van der Waals surface area contributed by atoms with E-state index in [0.29, 0.717) is 12.5 Å². The van der Waals surface area contributed by atoms with E-state index < -0.39 is 0 Å². The molecule has 4 heteroatoms. The summed E-state index contributed by atoms with van der Waals surface area (Å²) >= 11 is 0. The number of rotatable bonds is 3. The van der Waals surface area contributed by atoms with Crippen molar-refractivity contribution in [1.29, 1.82) is 0 Å². The van der Waals surface area contributed by atoms with Crippen molar-refractivity contribution in [2.75, 3.05) is 19.7 Å². The topological polar surface area (TPSA) is 49.8 Å². The highest BCUT2D eigenvalue weighted by Gasteiger charge is 2.56. The van der Waals surface area contributed by atoms with Crippen molar-refractivity contribution in [3.8, 4) is 0 Å². The van der Waals surface area contributed by atoms with E-state index in [1.54, 1.807) is 0 Å². The third kappa shape index (κ3) is 2.80. The van der Waals surface area contributed by atoms with Crippen molar-refractivity contribution < 1.29 is 14.6 Å². The number of carbonyl (C=O) groups excluding carboxylic acids is 1. The van der Waals surface area contributed by atoms with Crippen LogP contribution in [-0.4, -0.2) is 47.8 Å². The quantitative estimate of drug-likeness (QED) is 0.872. The van der Waals surface area contributed by atoms with E-state index in [2.05, 4.69) is 11.8 Å². The number of piperidine rings is 1. The number of nitrogens with zero attached hydrogens (tertiary/aromatic N) is 1. The van der Waals surface area contributed by atoms with Crippen LogP contribution in [0.2, 0.25) is 0 Å². The van der Waals surface area contributed by atoms with Gasteiger partial charge in [-0.3, -0.25) is 4.79 Å². The molecule has 0 aromatic heterocycles. The molecule has 1 aliphatic heterocycles. The van der Waals surface area contributed by atoms with Crippen LogP contribution in [0.5, 0.6) is 0 Å². The molecular weight excluding hydrogens is 278 g/mol. The van der Waals surface area contributed by atoms with Crippen LogP contribution in [0.15, 0.2) is 0 Å². The normalized spacial score (nSPS) is 37.9. The highest BCUT2D eigenvalue weighted by atomic mass is 16.5. The number of aliphatic hydroxyl groups excluding tert-OH is 1. The van der Waals surface area contributed by atoms with E-state index in [1.165, 1.54) is 12.8 Å². The van der Waals surface area contributed by atoms with Gasteiger partial charge in [-0.1, -0.05) is 6.92 Å². The third-order valence-electron chi connectivity index (χ3n) is 6.48. The summed E-state index contributed by atoms with van der Waals surface area (Å²) in [5, 5.41) is 10.2. The summed E-state index contributed by atoms with van der Waals surface area (Å²) in [5.41, 5.74) is -0.0755. The molecule has 3 fully saturated rings. The Kier molecular flexibility index (Phi) is 4.79. The molecule has 2 atom stereocenters. The van der Waals surface area contributed by atoms with Crippen LogP contribution in [-0.2, 0) is 9.53 Å². The smallest absolute Gasteiger partial charge is 0.225 e. The van der Waals surface area contributed by atoms with Gasteiger partial charge < -0.3 is 14.7 Å². The van der Waals surface area contributed by atoms with Crippen molar-refractivity contribution in [3.63, 3.8) is 0 Å². The van der Waals surface area contributed by atoms with E-state index in [-0.39, 0.29) is 23.5 Å². The fourth-order valence-electron chi connectivity index (χ4n) is 4.73. The first-order valence-electron chi connectivity index (χ1n) is 9.15. The maximum absolute atomic E-state index is 12.7. The summed E-state index contributed by atoms with van der Waals surface area (Å²) in [6.07, 6.45) is 7.03. The Bertz CT molecular complexity index is 393. The van der Waals surface area contributed by atoms with E-state index in [4.69, 9.17) is 4.74 Å². The van der Waals surface area contributed by atoms with Crippen LogP contribution in [0.1, 0.15) is 58.8 Å². The molecule has 2 unspecified atom stereocenters. The summed E-state index contributed by atoms with van der Waals surface area (Å²) in [5.74, 6) is 1.40. The molecule has 3 rings (SSSR count). The van der Waals surface area contributed by atoms with Crippen molar-refractivity contribution in [2.24, 2.45) is 17.3 Å².